The Bertz CT molecular complexity index is 1100. The van der Waals surface area contributed by atoms with Gasteiger partial charge in [-0.2, -0.15) is 0 Å². The summed E-state index contributed by atoms with van der Waals surface area (Å²) in [6.07, 6.45) is 4.32. The zero-order valence-corrected chi connectivity index (χ0v) is 14.4. The zero-order valence-electron chi connectivity index (χ0n) is 14.4. The third kappa shape index (κ3) is 2.41. The molecule has 1 heteroatoms. The van der Waals surface area contributed by atoms with Crippen molar-refractivity contribution in [3.05, 3.63) is 121 Å². The van der Waals surface area contributed by atoms with E-state index < -0.39 is 0 Å². The van der Waals surface area contributed by atoms with Gasteiger partial charge in [0.2, 0.25) is 0 Å². The third-order valence-electron chi connectivity index (χ3n) is 5.16. The Hall–Kier alpha value is -3.32. The summed E-state index contributed by atoms with van der Waals surface area (Å²) in [6.45, 7) is 0. The van der Waals surface area contributed by atoms with Crippen molar-refractivity contribution in [2.24, 2.45) is 0 Å². The normalized spacial score (nSPS) is 11.4. The summed E-state index contributed by atoms with van der Waals surface area (Å²) in [6, 6.07) is 34.9. The van der Waals surface area contributed by atoms with E-state index in [0.29, 0.717) is 0 Å². The van der Waals surface area contributed by atoms with Gasteiger partial charge < -0.3 is 4.57 Å². The Balaban J connectivity index is 1.85. The van der Waals surface area contributed by atoms with Gasteiger partial charge in [0.05, 0.1) is 6.04 Å². The van der Waals surface area contributed by atoms with Crippen molar-refractivity contribution in [3.8, 4) is 0 Å². The molecule has 1 heterocycles. The number of fused-ring (bicyclic) bond motifs is 2. The minimum absolute atomic E-state index is 0.141. The maximum atomic E-state index is 2.31. The molecule has 5 rings (SSSR count). The van der Waals surface area contributed by atoms with Crippen LogP contribution < -0.4 is 0 Å². The molecule has 0 radical (unpaired) electrons. The molecule has 4 aromatic carbocycles. The smallest absolute Gasteiger partial charge is 0.0845 e. The van der Waals surface area contributed by atoms with Gasteiger partial charge in [0.25, 0.3) is 0 Å². The van der Waals surface area contributed by atoms with Gasteiger partial charge in [-0.15, -0.1) is 0 Å². The van der Waals surface area contributed by atoms with E-state index in [1.54, 1.807) is 0 Å². The fourth-order valence-electron chi connectivity index (χ4n) is 3.99. The average Bonchev–Trinajstić information content (AvgIpc) is 3.23. The average molecular weight is 333 g/mol. The highest BCUT2D eigenvalue weighted by Gasteiger charge is 2.19. The quantitative estimate of drug-likeness (QED) is 0.358. The minimum Gasteiger partial charge on any atom is -0.343 e. The van der Waals surface area contributed by atoms with Crippen molar-refractivity contribution in [1.29, 1.82) is 0 Å². The summed E-state index contributed by atoms with van der Waals surface area (Å²) in [5.74, 6) is 0. The summed E-state index contributed by atoms with van der Waals surface area (Å²) in [7, 11) is 0. The molecule has 0 aliphatic carbocycles. The van der Waals surface area contributed by atoms with Gasteiger partial charge >= 0.3 is 0 Å². The van der Waals surface area contributed by atoms with Crippen LogP contribution in [0.3, 0.4) is 0 Å². The number of hydrogen-bond donors (Lipinski definition) is 0. The Morgan fingerprint density at radius 2 is 0.923 bits per heavy atom. The highest BCUT2D eigenvalue weighted by atomic mass is 15.0. The van der Waals surface area contributed by atoms with E-state index in [9.17, 15) is 0 Å². The molecule has 0 atom stereocenters. The van der Waals surface area contributed by atoms with Crippen molar-refractivity contribution in [3.63, 3.8) is 0 Å². The van der Waals surface area contributed by atoms with Crippen LogP contribution in [0.25, 0.3) is 21.5 Å². The van der Waals surface area contributed by atoms with Crippen LogP contribution in [0.5, 0.6) is 0 Å². The predicted molar refractivity (Wildman–Crippen MR) is 110 cm³/mol. The first kappa shape index (κ1) is 15.0. The second kappa shape index (κ2) is 6.20. The van der Waals surface area contributed by atoms with Crippen LogP contribution in [-0.4, -0.2) is 4.57 Å². The third-order valence-corrected chi connectivity index (χ3v) is 5.16. The predicted octanol–water partition coefficient (Wildman–Crippen LogP) is 6.43. The van der Waals surface area contributed by atoms with Crippen LogP contribution in [0.4, 0.5) is 0 Å². The number of hydrogen-bond acceptors (Lipinski definition) is 0. The molecule has 0 saturated carbocycles. The second-order valence-electron chi connectivity index (χ2n) is 6.67. The molecule has 0 aliphatic rings. The lowest BCUT2D eigenvalue weighted by atomic mass is 9.90. The summed E-state index contributed by atoms with van der Waals surface area (Å²) in [5, 5.41) is 5.17. The van der Waals surface area contributed by atoms with Crippen LogP contribution in [0.1, 0.15) is 17.2 Å². The topological polar surface area (TPSA) is 4.93 Å². The maximum Gasteiger partial charge on any atom is 0.0845 e. The van der Waals surface area contributed by atoms with Crippen LogP contribution in [0.15, 0.2) is 109 Å². The molecule has 0 bridgehead atoms. The number of benzene rings is 4. The van der Waals surface area contributed by atoms with Gasteiger partial charge in [0.1, 0.15) is 0 Å². The van der Waals surface area contributed by atoms with E-state index in [0.717, 1.165) is 0 Å². The van der Waals surface area contributed by atoms with Gasteiger partial charge in [-0.3, -0.25) is 0 Å². The molecule has 5 aromatic rings. The Morgan fingerprint density at radius 1 is 0.462 bits per heavy atom. The van der Waals surface area contributed by atoms with E-state index >= 15 is 0 Å². The Labute approximate surface area is 153 Å². The van der Waals surface area contributed by atoms with Crippen molar-refractivity contribution in [2.45, 2.75) is 6.04 Å². The molecule has 0 unspecified atom stereocenters. The monoisotopic (exact) mass is 333 g/mol. The zero-order chi connectivity index (χ0) is 17.3. The van der Waals surface area contributed by atoms with Crippen LogP contribution in [0.2, 0.25) is 0 Å². The molecule has 0 fully saturated rings. The van der Waals surface area contributed by atoms with E-state index in [1.165, 1.54) is 32.7 Å². The van der Waals surface area contributed by atoms with E-state index in [4.69, 9.17) is 0 Å². The lowest BCUT2D eigenvalue weighted by Crippen LogP contribution is -2.11. The number of aromatic nitrogens is 1. The summed E-state index contributed by atoms with van der Waals surface area (Å²) in [5.41, 5.74) is 2.66. The van der Waals surface area contributed by atoms with Crippen LogP contribution in [0, 0.1) is 0 Å². The number of nitrogens with zero attached hydrogens (tertiary/aromatic N) is 1. The lowest BCUT2D eigenvalue weighted by molar-refractivity contribution is 0.692. The maximum absolute atomic E-state index is 2.31. The second-order valence-corrected chi connectivity index (χ2v) is 6.67. The molecule has 0 N–H and O–H groups in total. The van der Waals surface area contributed by atoms with E-state index in [1.807, 2.05) is 0 Å². The fraction of sp³-hybridized carbons (Fsp3) is 0.0400. The highest BCUT2D eigenvalue weighted by molar-refractivity contribution is 5.90. The van der Waals surface area contributed by atoms with Gasteiger partial charge in [-0.05, 0) is 44.8 Å². The van der Waals surface area contributed by atoms with Crippen molar-refractivity contribution < 1.29 is 0 Å². The summed E-state index contributed by atoms with van der Waals surface area (Å²) < 4.78 is 2.31. The minimum atomic E-state index is 0.141. The summed E-state index contributed by atoms with van der Waals surface area (Å²) in [4.78, 5) is 0. The van der Waals surface area contributed by atoms with Crippen LogP contribution in [-0.2, 0) is 0 Å². The first-order valence-corrected chi connectivity index (χ1v) is 8.99. The van der Waals surface area contributed by atoms with Gasteiger partial charge in [-0.1, -0.05) is 84.9 Å². The van der Waals surface area contributed by atoms with Crippen molar-refractivity contribution in [2.75, 3.05) is 0 Å². The fourth-order valence-corrected chi connectivity index (χ4v) is 3.99. The van der Waals surface area contributed by atoms with Gasteiger partial charge in [-0.25, -0.2) is 0 Å². The summed E-state index contributed by atoms with van der Waals surface area (Å²) >= 11 is 0. The van der Waals surface area contributed by atoms with Crippen molar-refractivity contribution >= 4 is 21.5 Å². The molecule has 0 amide bonds. The first-order chi connectivity index (χ1) is 12.9. The molecule has 1 aromatic heterocycles. The van der Waals surface area contributed by atoms with E-state index in [2.05, 4.69) is 114 Å². The molecule has 124 valence electrons. The highest BCUT2D eigenvalue weighted by Crippen LogP contribution is 2.35. The van der Waals surface area contributed by atoms with Crippen LogP contribution >= 0.6 is 0 Å². The lowest BCUT2D eigenvalue weighted by Gasteiger charge is -2.23. The van der Waals surface area contributed by atoms with Crippen molar-refractivity contribution in [1.82, 2.24) is 4.57 Å². The molecular formula is C25H19N. The molecule has 0 spiro atoms. The molecule has 26 heavy (non-hydrogen) atoms. The molecule has 1 nitrogen and oxygen atoms in total. The Morgan fingerprint density at radius 3 is 1.46 bits per heavy atom. The standard InChI is InChI=1S/C25H19N/c1-3-13-21-19(9-1)11-7-15-23(21)25(26-17-5-6-18-26)24-16-8-12-20-10-2-4-14-22(20)24/h1-18,25H. The molecule has 0 saturated heterocycles. The Kier molecular flexibility index (Phi) is 3.57. The largest absolute Gasteiger partial charge is 0.343 e. The van der Waals surface area contributed by atoms with Gasteiger partial charge in [0.15, 0.2) is 0 Å². The molecular weight excluding hydrogens is 314 g/mol. The molecule has 0 aliphatic heterocycles. The van der Waals surface area contributed by atoms with E-state index in [-0.39, 0.29) is 6.04 Å². The van der Waals surface area contributed by atoms with Gasteiger partial charge in [0, 0.05) is 12.4 Å². The first-order valence-electron chi connectivity index (χ1n) is 8.99. The SMILES string of the molecule is c1ccc2c(C(c3cccc4ccccc34)n3cccc3)cccc2c1. The number of rotatable bonds is 3.